The van der Waals surface area contributed by atoms with Gasteiger partial charge in [0.2, 0.25) is 5.91 Å². The second-order valence-electron chi connectivity index (χ2n) is 3.59. The van der Waals surface area contributed by atoms with E-state index in [-0.39, 0.29) is 5.91 Å². The lowest BCUT2D eigenvalue weighted by Gasteiger charge is -1.98. The van der Waals surface area contributed by atoms with Gasteiger partial charge >= 0.3 is 0 Å². The third-order valence-corrected chi connectivity index (χ3v) is 3.16. The molecule has 2 aromatic rings. The monoisotopic (exact) mass is 247 g/mol. The highest BCUT2D eigenvalue weighted by atomic mass is 32.1. The molecule has 5 heteroatoms. The van der Waals surface area contributed by atoms with E-state index in [2.05, 4.69) is 10.5 Å². The Kier molecular flexibility index (Phi) is 3.72. The van der Waals surface area contributed by atoms with Crippen molar-refractivity contribution in [2.75, 3.05) is 0 Å². The standard InChI is InChI=1S/C12H13N3OS/c1-15-6-2-4-10(15)9-13-14-12(16)8-11-5-3-7-17-11/h2-7,9H,8H2,1H3,(H,14,16)/b13-9+. The maximum absolute atomic E-state index is 11.5. The molecule has 17 heavy (non-hydrogen) atoms. The van der Waals surface area contributed by atoms with Gasteiger partial charge in [-0.1, -0.05) is 6.07 Å². The van der Waals surface area contributed by atoms with Crippen molar-refractivity contribution in [1.29, 1.82) is 0 Å². The molecule has 0 radical (unpaired) electrons. The molecule has 0 saturated heterocycles. The summed E-state index contributed by atoms with van der Waals surface area (Å²) in [6.45, 7) is 0. The molecule has 0 atom stereocenters. The number of aromatic nitrogens is 1. The normalized spacial score (nSPS) is 10.9. The van der Waals surface area contributed by atoms with Crippen LogP contribution in [0.1, 0.15) is 10.6 Å². The number of aryl methyl sites for hydroxylation is 1. The smallest absolute Gasteiger partial charge is 0.245 e. The first-order valence-electron chi connectivity index (χ1n) is 5.21. The number of carbonyl (C=O) groups excluding carboxylic acids is 1. The quantitative estimate of drug-likeness (QED) is 0.649. The topological polar surface area (TPSA) is 46.4 Å². The van der Waals surface area contributed by atoms with Gasteiger partial charge in [0.15, 0.2) is 0 Å². The lowest BCUT2D eigenvalue weighted by Crippen LogP contribution is -2.19. The highest BCUT2D eigenvalue weighted by Gasteiger charge is 2.02. The average molecular weight is 247 g/mol. The van der Waals surface area contributed by atoms with Crippen molar-refractivity contribution in [1.82, 2.24) is 9.99 Å². The maximum Gasteiger partial charge on any atom is 0.245 e. The SMILES string of the molecule is Cn1cccc1/C=N/NC(=O)Cc1cccs1. The summed E-state index contributed by atoms with van der Waals surface area (Å²) < 4.78 is 1.93. The van der Waals surface area contributed by atoms with Crippen molar-refractivity contribution in [3.05, 3.63) is 46.4 Å². The van der Waals surface area contributed by atoms with E-state index in [0.29, 0.717) is 6.42 Å². The van der Waals surface area contributed by atoms with Crippen LogP contribution in [0.3, 0.4) is 0 Å². The molecule has 0 aliphatic carbocycles. The summed E-state index contributed by atoms with van der Waals surface area (Å²) in [4.78, 5) is 12.5. The van der Waals surface area contributed by atoms with E-state index in [0.717, 1.165) is 10.6 Å². The number of hydrogen-bond donors (Lipinski definition) is 1. The number of thiophene rings is 1. The van der Waals surface area contributed by atoms with Crippen molar-refractivity contribution in [2.24, 2.45) is 12.1 Å². The van der Waals surface area contributed by atoms with Gasteiger partial charge in [0.1, 0.15) is 0 Å². The van der Waals surface area contributed by atoms with E-state index in [9.17, 15) is 4.79 Å². The summed E-state index contributed by atoms with van der Waals surface area (Å²) in [5, 5.41) is 5.87. The van der Waals surface area contributed by atoms with E-state index in [1.165, 1.54) is 0 Å². The minimum atomic E-state index is -0.0992. The van der Waals surface area contributed by atoms with Crippen LogP contribution in [0.25, 0.3) is 0 Å². The number of rotatable bonds is 4. The Labute approximate surface area is 104 Å². The molecule has 0 aliphatic heterocycles. The van der Waals surface area contributed by atoms with Crippen LogP contribution in [0.4, 0.5) is 0 Å². The molecule has 1 N–H and O–H groups in total. The van der Waals surface area contributed by atoms with E-state index in [4.69, 9.17) is 0 Å². The van der Waals surface area contributed by atoms with Crippen LogP contribution in [0.15, 0.2) is 40.9 Å². The summed E-state index contributed by atoms with van der Waals surface area (Å²) in [7, 11) is 1.93. The van der Waals surface area contributed by atoms with Crippen LogP contribution in [0.2, 0.25) is 0 Å². The van der Waals surface area contributed by atoms with Crippen LogP contribution in [-0.2, 0) is 18.3 Å². The first-order valence-corrected chi connectivity index (χ1v) is 6.09. The highest BCUT2D eigenvalue weighted by Crippen LogP contribution is 2.08. The van der Waals surface area contributed by atoms with E-state index < -0.39 is 0 Å². The van der Waals surface area contributed by atoms with Crippen LogP contribution < -0.4 is 5.43 Å². The van der Waals surface area contributed by atoms with Crippen molar-refractivity contribution in [2.45, 2.75) is 6.42 Å². The fourth-order valence-corrected chi connectivity index (χ4v) is 2.09. The maximum atomic E-state index is 11.5. The van der Waals surface area contributed by atoms with Gasteiger partial charge in [0.05, 0.1) is 18.3 Å². The Morgan fingerprint density at radius 1 is 1.53 bits per heavy atom. The third-order valence-electron chi connectivity index (χ3n) is 2.28. The van der Waals surface area contributed by atoms with Crippen LogP contribution >= 0.6 is 11.3 Å². The summed E-state index contributed by atoms with van der Waals surface area (Å²) >= 11 is 1.57. The molecule has 0 saturated carbocycles. The summed E-state index contributed by atoms with van der Waals surface area (Å²) in [5.41, 5.74) is 3.46. The van der Waals surface area contributed by atoms with Crippen molar-refractivity contribution in [3.8, 4) is 0 Å². The first-order chi connectivity index (χ1) is 8.25. The predicted octanol–water partition coefficient (Wildman–Crippen LogP) is 1.78. The van der Waals surface area contributed by atoms with Crippen molar-refractivity contribution < 1.29 is 4.79 Å². The molecule has 2 heterocycles. The van der Waals surface area contributed by atoms with Gasteiger partial charge < -0.3 is 4.57 Å². The Morgan fingerprint density at radius 3 is 3.06 bits per heavy atom. The van der Waals surface area contributed by atoms with Crippen LogP contribution in [-0.4, -0.2) is 16.7 Å². The molecule has 0 unspecified atom stereocenters. The van der Waals surface area contributed by atoms with Crippen LogP contribution in [0.5, 0.6) is 0 Å². The minimum absolute atomic E-state index is 0.0992. The zero-order valence-corrected chi connectivity index (χ0v) is 10.3. The third kappa shape index (κ3) is 3.29. The number of hydrazone groups is 1. The van der Waals surface area contributed by atoms with E-state index in [1.807, 2.05) is 47.5 Å². The van der Waals surface area contributed by atoms with Crippen molar-refractivity contribution >= 4 is 23.5 Å². The fraction of sp³-hybridized carbons (Fsp3) is 0.167. The zero-order chi connectivity index (χ0) is 12.1. The van der Waals surface area contributed by atoms with E-state index >= 15 is 0 Å². The van der Waals surface area contributed by atoms with Gasteiger partial charge in [-0.25, -0.2) is 5.43 Å². The lowest BCUT2D eigenvalue weighted by molar-refractivity contribution is -0.120. The second-order valence-corrected chi connectivity index (χ2v) is 4.63. The Hall–Kier alpha value is -1.88. The first kappa shape index (κ1) is 11.6. The zero-order valence-electron chi connectivity index (χ0n) is 9.46. The number of nitrogens with zero attached hydrogens (tertiary/aromatic N) is 2. The number of amides is 1. The predicted molar refractivity (Wildman–Crippen MR) is 69.2 cm³/mol. The Bertz CT molecular complexity index is 514. The summed E-state index contributed by atoms with van der Waals surface area (Å²) in [5.74, 6) is -0.0992. The number of nitrogens with one attached hydrogen (secondary N) is 1. The summed E-state index contributed by atoms with van der Waals surface area (Å²) in [6, 6.07) is 7.72. The van der Waals surface area contributed by atoms with Gasteiger partial charge in [-0.3, -0.25) is 4.79 Å². The molecular formula is C12H13N3OS. The molecule has 0 fully saturated rings. The molecule has 0 aromatic carbocycles. The Morgan fingerprint density at radius 2 is 2.41 bits per heavy atom. The van der Waals surface area contributed by atoms with Crippen LogP contribution in [0, 0.1) is 0 Å². The molecule has 2 aromatic heterocycles. The summed E-state index contributed by atoms with van der Waals surface area (Å²) in [6.07, 6.45) is 3.93. The van der Waals surface area contributed by atoms with Gasteiger partial charge in [-0.05, 0) is 23.6 Å². The van der Waals surface area contributed by atoms with Gasteiger partial charge in [-0.2, -0.15) is 5.10 Å². The Balaban J connectivity index is 1.84. The van der Waals surface area contributed by atoms with E-state index in [1.54, 1.807) is 17.6 Å². The molecule has 0 aliphatic rings. The van der Waals surface area contributed by atoms with Crippen molar-refractivity contribution in [3.63, 3.8) is 0 Å². The molecule has 0 spiro atoms. The van der Waals surface area contributed by atoms with Gasteiger partial charge in [-0.15, -0.1) is 11.3 Å². The minimum Gasteiger partial charge on any atom is -0.350 e. The molecule has 88 valence electrons. The molecule has 0 bridgehead atoms. The number of hydrogen-bond acceptors (Lipinski definition) is 3. The molecular weight excluding hydrogens is 234 g/mol. The largest absolute Gasteiger partial charge is 0.350 e. The van der Waals surface area contributed by atoms with Gasteiger partial charge in [0, 0.05) is 18.1 Å². The molecule has 4 nitrogen and oxygen atoms in total. The van der Waals surface area contributed by atoms with Gasteiger partial charge in [0.25, 0.3) is 0 Å². The lowest BCUT2D eigenvalue weighted by atomic mass is 10.3. The second kappa shape index (κ2) is 5.45. The fourth-order valence-electron chi connectivity index (χ4n) is 1.39. The number of carbonyl (C=O) groups is 1. The highest BCUT2D eigenvalue weighted by molar-refractivity contribution is 7.10. The molecule has 2 rings (SSSR count). The molecule has 1 amide bonds. The average Bonchev–Trinajstić information content (AvgIpc) is 2.91.